The van der Waals surface area contributed by atoms with Crippen LogP contribution in [-0.2, 0) is 6.54 Å². The fraction of sp³-hybridized carbons (Fsp3) is 0.500. The maximum absolute atomic E-state index is 5.58. The van der Waals surface area contributed by atoms with Gasteiger partial charge in [0, 0.05) is 18.7 Å². The molecule has 1 aliphatic heterocycles. The van der Waals surface area contributed by atoms with Crippen LogP contribution in [0.2, 0.25) is 0 Å². The minimum Gasteiger partial charge on any atom is -0.492 e. The first-order valence-corrected chi connectivity index (χ1v) is 5.25. The molecule has 0 aromatic heterocycles. The number of fused-ring (bicyclic) bond motifs is 1. The number of para-hydroxylation sites is 1. The van der Waals surface area contributed by atoms with Crippen molar-refractivity contribution in [3.8, 4) is 5.75 Å². The summed E-state index contributed by atoms with van der Waals surface area (Å²) in [5, 5.41) is 0. The summed E-state index contributed by atoms with van der Waals surface area (Å²) >= 11 is 0. The van der Waals surface area contributed by atoms with Crippen LogP contribution < -0.4 is 4.74 Å². The highest BCUT2D eigenvalue weighted by Gasteiger charge is 2.10. The van der Waals surface area contributed by atoms with E-state index in [1.807, 2.05) is 26.0 Å². The zero-order chi connectivity index (χ0) is 10.4. The molecule has 0 spiro atoms. The van der Waals surface area contributed by atoms with Crippen molar-refractivity contribution in [1.29, 1.82) is 0 Å². The second-order valence-corrected chi connectivity index (χ2v) is 3.19. The van der Waals surface area contributed by atoms with Gasteiger partial charge in [-0.15, -0.1) is 0 Å². The van der Waals surface area contributed by atoms with Crippen LogP contribution in [0.3, 0.4) is 0 Å². The van der Waals surface area contributed by atoms with Gasteiger partial charge in [0.1, 0.15) is 12.4 Å². The highest BCUT2D eigenvalue weighted by Crippen LogP contribution is 2.21. The lowest BCUT2D eigenvalue weighted by Crippen LogP contribution is -2.20. The summed E-state index contributed by atoms with van der Waals surface area (Å²) in [5.74, 6) is 1.04. The maximum Gasteiger partial charge on any atom is 0.123 e. The Balaban J connectivity index is 0.000000461. The SMILES string of the molecule is CC.CN1CCOc2ccccc2C1. The average molecular weight is 193 g/mol. The van der Waals surface area contributed by atoms with Crippen LogP contribution >= 0.6 is 0 Å². The number of hydrogen-bond donors (Lipinski definition) is 0. The molecule has 0 radical (unpaired) electrons. The number of likely N-dealkylation sites (N-methyl/N-ethyl adjacent to an activating group) is 1. The molecule has 0 atom stereocenters. The Kier molecular flexibility index (Phi) is 4.47. The van der Waals surface area contributed by atoms with E-state index in [1.165, 1.54) is 5.56 Å². The van der Waals surface area contributed by atoms with Crippen LogP contribution in [0.4, 0.5) is 0 Å². The average Bonchev–Trinajstić information content (AvgIpc) is 2.41. The Labute approximate surface area is 86.5 Å². The van der Waals surface area contributed by atoms with Gasteiger partial charge in [-0.25, -0.2) is 0 Å². The van der Waals surface area contributed by atoms with Crippen LogP contribution in [0, 0.1) is 0 Å². The second-order valence-electron chi connectivity index (χ2n) is 3.19. The van der Waals surface area contributed by atoms with Gasteiger partial charge in [0.15, 0.2) is 0 Å². The number of hydrogen-bond acceptors (Lipinski definition) is 2. The lowest BCUT2D eigenvalue weighted by atomic mass is 10.2. The Morgan fingerprint density at radius 2 is 1.93 bits per heavy atom. The van der Waals surface area contributed by atoms with Gasteiger partial charge in [-0.3, -0.25) is 4.90 Å². The minimum atomic E-state index is 0.799. The van der Waals surface area contributed by atoms with Crippen molar-refractivity contribution in [3.63, 3.8) is 0 Å². The fourth-order valence-electron chi connectivity index (χ4n) is 1.46. The lowest BCUT2D eigenvalue weighted by Gasteiger charge is -2.10. The molecule has 78 valence electrons. The van der Waals surface area contributed by atoms with E-state index in [0.717, 1.165) is 25.4 Å². The molecule has 0 saturated heterocycles. The first kappa shape index (κ1) is 11.1. The number of nitrogens with zero attached hydrogens (tertiary/aromatic N) is 1. The van der Waals surface area contributed by atoms with Crippen molar-refractivity contribution in [2.24, 2.45) is 0 Å². The zero-order valence-electron chi connectivity index (χ0n) is 9.29. The van der Waals surface area contributed by atoms with Crippen molar-refractivity contribution in [3.05, 3.63) is 29.8 Å². The van der Waals surface area contributed by atoms with Crippen molar-refractivity contribution in [2.45, 2.75) is 20.4 Å². The van der Waals surface area contributed by atoms with E-state index < -0.39 is 0 Å². The molecule has 2 heteroatoms. The van der Waals surface area contributed by atoms with E-state index in [0.29, 0.717) is 0 Å². The Morgan fingerprint density at radius 3 is 2.71 bits per heavy atom. The molecule has 1 aromatic carbocycles. The van der Waals surface area contributed by atoms with Gasteiger partial charge in [-0.05, 0) is 13.1 Å². The molecule has 14 heavy (non-hydrogen) atoms. The topological polar surface area (TPSA) is 12.5 Å². The molecule has 0 saturated carbocycles. The standard InChI is InChI=1S/C10H13NO.C2H6/c1-11-6-7-12-10-5-3-2-4-9(10)8-11;1-2/h2-5H,6-8H2,1H3;1-2H3. The Bertz CT molecular complexity index is 273. The predicted octanol–water partition coefficient (Wildman–Crippen LogP) is 2.54. The maximum atomic E-state index is 5.58. The van der Waals surface area contributed by atoms with Crippen LogP contribution in [0.1, 0.15) is 19.4 Å². The van der Waals surface area contributed by atoms with E-state index in [1.54, 1.807) is 0 Å². The second kappa shape index (κ2) is 5.66. The summed E-state index contributed by atoms with van der Waals surface area (Å²) < 4.78 is 5.58. The van der Waals surface area contributed by atoms with Crippen LogP contribution in [-0.4, -0.2) is 25.1 Å². The first-order valence-electron chi connectivity index (χ1n) is 5.25. The minimum absolute atomic E-state index is 0.799. The summed E-state index contributed by atoms with van der Waals surface area (Å²) in [7, 11) is 2.12. The monoisotopic (exact) mass is 193 g/mol. The normalized spacial score (nSPS) is 15.6. The van der Waals surface area contributed by atoms with Crippen LogP contribution in [0.5, 0.6) is 5.75 Å². The third-order valence-corrected chi connectivity index (χ3v) is 2.14. The molecule has 1 aliphatic rings. The number of benzene rings is 1. The van der Waals surface area contributed by atoms with Gasteiger partial charge in [-0.2, -0.15) is 0 Å². The van der Waals surface area contributed by atoms with Gasteiger partial charge in [0.05, 0.1) is 0 Å². The van der Waals surface area contributed by atoms with Crippen molar-refractivity contribution < 1.29 is 4.74 Å². The number of rotatable bonds is 0. The van der Waals surface area contributed by atoms with E-state index in [9.17, 15) is 0 Å². The molecule has 0 bridgehead atoms. The Hall–Kier alpha value is -1.02. The van der Waals surface area contributed by atoms with E-state index in [-0.39, 0.29) is 0 Å². The molecule has 1 aromatic rings. The van der Waals surface area contributed by atoms with E-state index >= 15 is 0 Å². The summed E-state index contributed by atoms with van der Waals surface area (Å²) in [5.41, 5.74) is 1.29. The third-order valence-electron chi connectivity index (χ3n) is 2.14. The summed E-state index contributed by atoms with van der Waals surface area (Å²) in [6.45, 7) is 6.80. The zero-order valence-corrected chi connectivity index (χ0v) is 9.29. The lowest BCUT2D eigenvalue weighted by molar-refractivity contribution is 0.259. The largest absolute Gasteiger partial charge is 0.492 e. The molecule has 0 fully saturated rings. The third kappa shape index (κ3) is 2.74. The van der Waals surface area contributed by atoms with Crippen LogP contribution in [0.15, 0.2) is 24.3 Å². The van der Waals surface area contributed by atoms with Gasteiger partial charge < -0.3 is 4.74 Å². The quantitative estimate of drug-likeness (QED) is 0.628. The molecule has 0 aliphatic carbocycles. The van der Waals surface area contributed by atoms with Crippen molar-refractivity contribution in [2.75, 3.05) is 20.2 Å². The molecule has 2 rings (SSSR count). The Morgan fingerprint density at radius 1 is 1.21 bits per heavy atom. The fourth-order valence-corrected chi connectivity index (χ4v) is 1.46. The van der Waals surface area contributed by atoms with Gasteiger partial charge in [0.25, 0.3) is 0 Å². The highest BCUT2D eigenvalue weighted by molar-refractivity contribution is 5.33. The van der Waals surface area contributed by atoms with Crippen molar-refractivity contribution >= 4 is 0 Å². The molecule has 1 heterocycles. The van der Waals surface area contributed by atoms with Gasteiger partial charge in [-0.1, -0.05) is 32.0 Å². The van der Waals surface area contributed by atoms with Gasteiger partial charge in [0.2, 0.25) is 0 Å². The summed E-state index contributed by atoms with van der Waals surface area (Å²) in [6, 6.07) is 8.23. The number of ether oxygens (including phenoxy) is 1. The van der Waals surface area contributed by atoms with Crippen molar-refractivity contribution in [1.82, 2.24) is 4.90 Å². The molecule has 0 amide bonds. The molecule has 0 N–H and O–H groups in total. The molecular weight excluding hydrogens is 174 g/mol. The van der Waals surface area contributed by atoms with Gasteiger partial charge >= 0.3 is 0 Å². The molecule has 2 nitrogen and oxygen atoms in total. The predicted molar refractivity (Wildman–Crippen MR) is 59.6 cm³/mol. The highest BCUT2D eigenvalue weighted by atomic mass is 16.5. The summed E-state index contributed by atoms with van der Waals surface area (Å²) in [6.07, 6.45) is 0. The summed E-state index contributed by atoms with van der Waals surface area (Å²) in [4.78, 5) is 2.27. The van der Waals surface area contributed by atoms with E-state index in [4.69, 9.17) is 4.74 Å². The first-order chi connectivity index (χ1) is 6.86. The van der Waals surface area contributed by atoms with E-state index in [2.05, 4.69) is 24.1 Å². The van der Waals surface area contributed by atoms with Crippen LogP contribution in [0.25, 0.3) is 0 Å². The smallest absolute Gasteiger partial charge is 0.123 e. The molecular formula is C12H19NO. The molecule has 0 unspecified atom stereocenters.